The van der Waals surface area contributed by atoms with E-state index in [9.17, 15) is 0 Å². The van der Waals surface area contributed by atoms with Gasteiger partial charge in [0.15, 0.2) is 0 Å². The lowest BCUT2D eigenvalue weighted by Gasteiger charge is -2.35. The lowest BCUT2D eigenvalue weighted by Crippen LogP contribution is -2.45. The number of thiophene rings is 1. The van der Waals surface area contributed by atoms with Gasteiger partial charge in [-0.05, 0) is 41.6 Å². The zero-order chi connectivity index (χ0) is 13.9. The van der Waals surface area contributed by atoms with E-state index < -0.39 is 0 Å². The molecule has 20 heavy (non-hydrogen) atoms. The summed E-state index contributed by atoms with van der Waals surface area (Å²) in [7, 11) is 0. The fraction of sp³-hybridized carbons (Fsp3) is 0.375. The summed E-state index contributed by atoms with van der Waals surface area (Å²) in [6, 6.07) is 11.4. The van der Waals surface area contributed by atoms with Gasteiger partial charge in [0, 0.05) is 35.5 Å². The Morgan fingerprint density at radius 2 is 1.85 bits per heavy atom. The molecule has 1 aliphatic rings. The first-order valence-corrected chi connectivity index (χ1v) is 8.67. The molecule has 1 saturated heterocycles. The first-order chi connectivity index (χ1) is 9.75. The van der Waals surface area contributed by atoms with Crippen LogP contribution in [0, 0.1) is 6.92 Å². The molecule has 1 unspecified atom stereocenters. The maximum absolute atomic E-state index is 3.53. The quantitative estimate of drug-likeness (QED) is 0.905. The van der Waals surface area contributed by atoms with Gasteiger partial charge in [-0.15, -0.1) is 11.3 Å². The predicted molar refractivity (Wildman–Crippen MR) is 89.5 cm³/mol. The van der Waals surface area contributed by atoms with Crippen molar-refractivity contribution in [2.45, 2.75) is 13.0 Å². The second-order valence-electron chi connectivity index (χ2n) is 5.21. The Balaban J connectivity index is 1.98. The first-order valence-electron chi connectivity index (χ1n) is 7.00. The maximum Gasteiger partial charge on any atom is 0.0699 e. The number of nitrogens with zero attached hydrogens (tertiary/aromatic N) is 1. The minimum atomic E-state index is 0.394. The van der Waals surface area contributed by atoms with Crippen molar-refractivity contribution in [3.8, 4) is 0 Å². The van der Waals surface area contributed by atoms with Gasteiger partial charge < -0.3 is 5.32 Å². The molecule has 4 heteroatoms. The summed E-state index contributed by atoms with van der Waals surface area (Å²) in [5.41, 5.74) is 2.79. The highest BCUT2D eigenvalue weighted by Crippen LogP contribution is 2.35. The lowest BCUT2D eigenvalue weighted by atomic mass is 10.0. The summed E-state index contributed by atoms with van der Waals surface area (Å²) in [6.07, 6.45) is 0. The van der Waals surface area contributed by atoms with E-state index in [0.717, 1.165) is 30.7 Å². The Morgan fingerprint density at radius 1 is 1.15 bits per heavy atom. The number of nitrogens with one attached hydrogen (secondary N) is 1. The molecule has 2 heterocycles. The van der Waals surface area contributed by atoms with E-state index in [1.54, 1.807) is 0 Å². The van der Waals surface area contributed by atoms with Crippen molar-refractivity contribution in [2.24, 2.45) is 0 Å². The molecule has 106 valence electrons. The number of hydrogen-bond acceptors (Lipinski definition) is 3. The van der Waals surface area contributed by atoms with Crippen LogP contribution in [0.4, 0.5) is 0 Å². The predicted octanol–water partition coefficient (Wildman–Crippen LogP) is 3.81. The average molecular weight is 351 g/mol. The van der Waals surface area contributed by atoms with Crippen LogP contribution in [0.25, 0.3) is 0 Å². The highest BCUT2D eigenvalue weighted by Gasteiger charge is 2.25. The van der Waals surface area contributed by atoms with Gasteiger partial charge in [-0.1, -0.05) is 28.1 Å². The third-order valence-corrected chi connectivity index (χ3v) is 5.45. The number of halogens is 1. The zero-order valence-corrected chi connectivity index (χ0v) is 14.0. The van der Waals surface area contributed by atoms with Gasteiger partial charge in [0.25, 0.3) is 0 Å². The summed E-state index contributed by atoms with van der Waals surface area (Å²) < 4.78 is 1.14. The summed E-state index contributed by atoms with van der Waals surface area (Å²) in [5.74, 6) is 0. The molecular formula is C16H19BrN2S. The molecule has 1 aromatic heterocycles. The summed E-state index contributed by atoms with van der Waals surface area (Å²) in [6.45, 7) is 6.60. The van der Waals surface area contributed by atoms with Crippen LogP contribution >= 0.6 is 27.3 Å². The molecular weight excluding hydrogens is 332 g/mol. The molecule has 0 bridgehead atoms. The van der Waals surface area contributed by atoms with E-state index in [2.05, 4.69) is 68.8 Å². The van der Waals surface area contributed by atoms with Gasteiger partial charge in [0.1, 0.15) is 0 Å². The Labute approximate surface area is 132 Å². The minimum absolute atomic E-state index is 0.394. The largest absolute Gasteiger partial charge is 0.314 e. The van der Waals surface area contributed by atoms with E-state index in [-0.39, 0.29) is 0 Å². The van der Waals surface area contributed by atoms with Gasteiger partial charge in [-0.25, -0.2) is 0 Å². The van der Waals surface area contributed by atoms with E-state index in [1.165, 1.54) is 16.0 Å². The third kappa shape index (κ3) is 2.98. The molecule has 0 radical (unpaired) electrons. The average Bonchev–Trinajstić information content (AvgIpc) is 2.89. The van der Waals surface area contributed by atoms with Crippen molar-refractivity contribution in [3.63, 3.8) is 0 Å². The molecule has 1 aromatic carbocycles. The number of hydrogen-bond donors (Lipinski definition) is 1. The van der Waals surface area contributed by atoms with Crippen LogP contribution in [0.2, 0.25) is 0 Å². The summed E-state index contributed by atoms with van der Waals surface area (Å²) in [4.78, 5) is 4.08. The lowest BCUT2D eigenvalue weighted by molar-refractivity contribution is 0.200. The molecule has 2 aromatic rings. The van der Waals surface area contributed by atoms with Crippen LogP contribution in [0.5, 0.6) is 0 Å². The monoisotopic (exact) mass is 350 g/mol. The molecule has 0 saturated carbocycles. The fourth-order valence-electron chi connectivity index (χ4n) is 2.78. The van der Waals surface area contributed by atoms with Crippen molar-refractivity contribution < 1.29 is 0 Å². The fourth-order valence-corrected chi connectivity index (χ4v) is 4.13. The van der Waals surface area contributed by atoms with Crippen molar-refractivity contribution >= 4 is 27.3 Å². The van der Waals surface area contributed by atoms with E-state index in [0.29, 0.717) is 6.04 Å². The van der Waals surface area contributed by atoms with Gasteiger partial charge in [0.2, 0.25) is 0 Å². The Morgan fingerprint density at radius 3 is 2.45 bits per heavy atom. The van der Waals surface area contributed by atoms with Gasteiger partial charge in [-0.2, -0.15) is 0 Å². The SMILES string of the molecule is Cc1ccsc1C(c1ccc(Br)cc1)N1CCNCC1. The standard InChI is InChI=1S/C16H19BrN2S/c1-12-6-11-20-16(12)15(19-9-7-18-8-10-19)13-2-4-14(17)5-3-13/h2-6,11,15,18H,7-10H2,1H3. The second-order valence-corrected chi connectivity index (χ2v) is 7.07. The van der Waals surface area contributed by atoms with Crippen LogP contribution in [0.15, 0.2) is 40.2 Å². The Hall–Kier alpha value is -0.680. The van der Waals surface area contributed by atoms with E-state index >= 15 is 0 Å². The van der Waals surface area contributed by atoms with Crippen molar-refractivity contribution in [3.05, 3.63) is 56.2 Å². The van der Waals surface area contributed by atoms with Crippen molar-refractivity contribution in [1.82, 2.24) is 10.2 Å². The molecule has 1 aliphatic heterocycles. The third-order valence-electron chi connectivity index (χ3n) is 3.85. The Kier molecular flexibility index (Phi) is 4.56. The van der Waals surface area contributed by atoms with Crippen LogP contribution in [0.3, 0.4) is 0 Å². The van der Waals surface area contributed by atoms with E-state index in [1.807, 2.05) is 11.3 Å². The van der Waals surface area contributed by atoms with Crippen molar-refractivity contribution in [2.75, 3.05) is 26.2 Å². The number of rotatable bonds is 3. The summed E-state index contributed by atoms with van der Waals surface area (Å²) in [5, 5.41) is 5.65. The molecule has 0 spiro atoms. The van der Waals surface area contributed by atoms with Gasteiger partial charge in [-0.3, -0.25) is 4.90 Å². The van der Waals surface area contributed by atoms with E-state index in [4.69, 9.17) is 0 Å². The van der Waals surface area contributed by atoms with Crippen LogP contribution in [-0.2, 0) is 0 Å². The minimum Gasteiger partial charge on any atom is -0.314 e. The number of benzene rings is 1. The molecule has 0 aliphatic carbocycles. The molecule has 3 rings (SSSR count). The molecule has 1 N–H and O–H groups in total. The normalized spacial score (nSPS) is 18.1. The molecule has 1 atom stereocenters. The molecule has 2 nitrogen and oxygen atoms in total. The first kappa shape index (κ1) is 14.3. The Bertz CT molecular complexity index is 558. The zero-order valence-electron chi connectivity index (χ0n) is 11.6. The summed E-state index contributed by atoms with van der Waals surface area (Å²) >= 11 is 5.41. The second kappa shape index (κ2) is 6.39. The molecule has 0 amide bonds. The smallest absolute Gasteiger partial charge is 0.0699 e. The van der Waals surface area contributed by atoms with Crippen molar-refractivity contribution in [1.29, 1.82) is 0 Å². The number of aryl methyl sites for hydroxylation is 1. The molecule has 1 fully saturated rings. The van der Waals surface area contributed by atoms with Gasteiger partial charge >= 0.3 is 0 Å². The maximum atomic E-state index is 3.53. The topological polar surface area (TPSA) is 15.3 Å². The highest BCUT2D eigenvalue weighted by atomic mass is 79.9. The highest BCUT2D eigenvalue weighted by molar-refractivity contribution is 9.10. The van der Waals surface area contributed by atoms with Crippen LogP contribution < -0.4 is 5.32 Å². The van der Waals surface area contributed by atoms with Gasteiger partial charge in [0.05, 0.1) is 6.04 Å². The number of piperazine rings is 1. The van der Waals surface area contributed by atoms with Crippen LogP contribution in [0.1, 0.15) is 22.0 Å². The van der Waals surface area contributed by atoms with Crippen LogP contribution in [-0.4, -0.2) is 31.1 Å².